The van der Waals surface area contributed by atoms with Crippen molar-refractivity contribution in [3.63, 3.8) is 0 Å². The van der Waals surface area contributed by atoms with Gasteiger partial charge in [0, 0.05) is 36.6 Å². The molecule has 2 saturated heterocycles. The Morgan fingerprint density at radius 2 is 2.00 bits per heavy atom. The Labute approximate surface area is 129 Å². The first kappa shape index (κ1) is 13.7. The quantitative estimate of drug-likeness (QED) is 0.764. The average molecular weight is 299 g/mol. The Hall–Kier alpha value is -1.92. The highest BCUT2D eigenvalue weighted by Gasteiger charge is 2.34. The van der Waals surface area contributed by atoms with Gasteiger partial charge in [-0.15, -0.1) is 0 Å². The Balaban J connectivity index is 1.48. The number of para-hydroxylation sites is 1. The van der Waals surface area contributed by atoms with Crippen LogP contribution in [0.1, 0.15) is 23.3 Å². The van der Waals surface area contributed by atoms with Crippen LogP contribution in [0.5, 0.6) is 0 Å². The second-order valence-corrected chi connectivity index (χ2v) is 6.54. The number of carbonyl (C=O) groups excluding carboxylic acids is 1. The number of likely N-dealkylation sites (tertiary alicyclic amines) is 1. The van der Waals surface area contributed by atoms with Crippen LogP contribution in [0, 0.1) is 0 Å². The summed E-state index contributed by atoms with van der Waals surface area (Å²) in [7, 11) is 2.16. The molecular formula is C16H21N5O. The number of nitrogens with zero attached hydrogens (tertiary/aromatic N) is 2. The largest absolute Gasteiger partial charge is 0.348 e. The van der Waals surface area contributed by atoms with Crippen LogP contribution in [0.3, 0.4) is 0 Å². The molecule has 2 aliphatic heterocycles. The summed E-state index contributed by atoms with van der Waals surface area (Å²) >= 11 is 0. The van der Waals surface area contributed by atoms with E-state index in [1.54, 1.807) is 0 Å². The summed E-state index contributed by atoms with van der Waals surface area (Å²) < 4.78 is 0. The molecule has 2 aromatic rings. The number of hydrogen-bond donors (Lipinski definition) is 3. The normalized spacial score (nSPS) is 28.7. The van der Waals surface area contributed by atoms with E-state index in [2.05, 4.69) is 32.8 Å². The van der Waals surface area contributed by atoms with Gasteiger partial charge in [0.2, 0.25) is 0 Å². The third-order valence-electron chi connectivity index (χ3n) is 4.69. The molecule has 3 N–H and O–H groups in total. The molecule has 2 fully saturated rings. The maximum Gasteiger partial charge on any atom is 0.272 e. The van der Waals surface area contributed by atoms with Crippen LogP contribution in [-0.4, -0.2) is 59.3 Å². The van der Waals surface area contributed by atoms with Gasteiger partial charge in [-0.25, -0.2) is 0 Å². The number of fused-ring (bicyclic) bond motifs is 3. The number of carbonyl (C=O) groups is 1. The van der Waals surface area contributed by atoms with Crippen molar-refractivity contribution in [2.75, 3.05) is 20.1 Å². The molecule has 1 aromatic heterocycles. The Morgan fingerprint density at radius 3 is 2.77 bits per heavy atom. The third kappa shape index (κ3) is 2.48. The van der Waals surface area contributed by atoms with Gasteiger partial charge in [-0.3, -0.25) is 9.89 Å². The molecule has 0 aliphatic carbocycles. The van der Waals surface area contributed by atoms with E-state index in [9.17, 15) is 4.79 Å². The zero-order chi connectivity index (χ0) is 15.1. The summed E-state index contributed by atoms with van der Waals surface area (Å²) in [5.41, 5.74) is 1.40. The topological polar surface area (TPSA) is 73.0 Å². The smallest absolute Gasteiger partial charge is 0.272 e. The summed E-state index contributed by atoms with van der Waals surface area (Å²) in [5.74, 6) is -0.0734. The fraction of sp³-hybridized carbons (Fsp3) is 0.500. The molecule has 4 rings (SSSR count). The van der Waals surface area contributed by atoms with E-state index in [-0.39, 0.29) is 11.9 Å². The number of H-pyrrole nitrogens is 1. The maximum absolute atomic E-state index is 12.5. The minimum atomic E-state index is -0.0734. The van der Waals surface area contributed by atoms with Gasteiger partial charge in [0.15, 0.2) is 5.69 Å². The van der Waals surface area contributed by atoms with E-state index in [0.29, 0.717) is 17.8 Å². The van der Waals surface area contributed by atoms with Gasteiger partial charge in [0.05, 0.1) is 5.52 Å². The molecule has 116 valence electrons. The molecule has 2 bridgehead atoms. The molecule has 22 heavy (non-hydrogen) atoms. The zero-order valence-corrected chi connectivity index (χ0v) is 12.7. The second kappa shape index (κ2) is 5.37. The summed E-state index contributed by atoms with van der Waals surface area (Å²) in [4.78, 5) is 14.9. The van der Waals surface area contributed by atoms with Gasteiger partial charge in [-0.2, -0.15) is 5.10 Å². The molecule has 6 nitrogen and oxygen atoms in total. The maximum atomic E-state index is 12.5. The number of piperazine rings is 1. The van der Waals surface area contributed by atoms with Crippen molar-refractivity contribution in [1.29, 1.82) is 0 Å². The van der Waals surface area contributed by atoms with Gasteiger partial charge in [-0.05, 0) is 26.0 Å². The van der Waals surface area contributed by atoms with E-state index < -0.39 is 0 Å². The molecule has 3 atom stereocenters. The summed E-state index contributed by atoms with van der Waals surface area (Å²) in [6.45, 7) is 2.10. The first-order valence-electron chi connectivity index (χ1n) is 7.87. The molecule has 1 amide bonds. The van der Waals surface area contributed by atoms with Gasteiger partial charge in [0.25, 0.3) is 5.91 Å². The van der Waals surface area contributed by atoms with E-state index in [0.717, 1.165) is 36.8 Å². The molecule has 1 aromatic carbocycles. The number of benzene rings is 1. The highest BCUT2D eigenvalue weighted by Crippen LogP contribution is 2.21. The lowest BCUT2D eigenvalue weighted by molar-refractivity contribution is 0.0869. The molecule has 3 heterocycles. The van der Waals surface area contributed by atoms with Crippen LogP contribution in [-0.2, 0) is 0 Å². The number of likely N-dealkylation sites (N-methyl/N-ethyl adjacent to an activating group) is 1. The Bertz CT molecular complexity index is 679. The lowest BCUT2D eigenvalue weighted by atomic mass is 9.90. The number of aromatic amines is 1. The molecule has 0 spiro atoms. The SMILES string of the molecule is CN1C[C@H]2C[C@@H](NC(=O)c3n[nH]c4ccccc34)C[C@@H](C1)N2. The van der Waals surface area contributed by atoms with Crippen LogP contribution in [0.2, 0.25) is 0 Å². The number of rotatable bonds is 2. The average Bonchev–Trinajstić information content (AvgIpc) is 2.89. The summed E-state index contributed by atoms with van der Waals surface area (Å²) in [6, 6.07) is 8.90. The van der Waals surface area contributed by atoms with Crippen molar-refractivity contribution in [1.82, 2.24) is 25.7 Å². The Morgan fingerprint density at radius 1 is 1.27 bits per heavy atom. The fourth-order valence-corrected chi connectivity index (χ4v) is 3.84. The summed E-state index contributed by atoms with van der Waals surface area (Å²) in [6.07, 6.45) is 1.96. The molecule has 0 radical (unpaired) electrons. The number of aromatic nitrogens is 2. The van der Waals surface area contributed by atoms with Crippen LogP contribution >= 0.6 is 0 Å². The van der Waals surface area contributed by atoms with E-state index in [1.807, 2.05) is 24.3 Å². The van der Waals surface area contributed by atoms with Crippen LogP contribution in [0.25, 0.3) is 10.9 Å². The molecule has 0 saturated carbocycles. The van der Waals surface area contributed by atoms with E-state index in [4.69, 9.17) is 0 Å². The van der Waals surface area contributed by atoms with Crippen LogP contribution in [0.15, 0.2) is 24.3 Å². The highest BCUT2D eigenvalue weighted by molar-refractivity contribution is 6.04. The highest BCUT2D eigenvalue weighted by atomic mass is 16.2. The number of piperidine rings is 1. The van der Waals surface area contributed by atoms with Gasteiger partial charge >= 0.3 is 0 Å². The van der Waals surface area contributed by atoms with Crippen molar-refractivity contribution >= 4 is 16.8 Å². The predicted molar refractivity (Wildman–Crippen MR) is 84.8 cm³/mol. The predicted octanol–water partition coefficient (Wildman–Crippen LogP) is 0.727. The number of amides is 1. The van der Waals surface area contributed by atoms with E-state index >= 15 is 0 Å². The van der Waals surface area contributed by atoms with E-state index in [1.165, 1.54) is 0 Å². The summed E-state index contributed by atoms with van der Waals surface area (Å²) in [5, 5.41) is 14.8. The van der Waals surface area contributed by atoms with Crippen LogP contribution < -0.4 is 10.6 Å². The standard InChI is InChI=1S/C16H21N5O/c1-21-8-11-6-10(7-12(9-21)17-11)18-16(22)15-13-4-2-3-5-14(13)19-20-15/h2-5,10-12,17H,6-9H2,1H3,(H,18,22)(H,19,20)/t10-,11-,12+. The van der Waals surface area contributed by atoms with Gasteiger partial charge in [0.1, 0.15) is 0 Å². The van der Waals surface area contributed by atoms with Crippen molar-refractivity contribution in [2.24, 2.45) is 0 Å². The second-order valence-electron chi connectivity index (χ2n) is 6.54. The fourth-order valence-electron chi connectivity index (χ4n) is 3.84. The van der Waals surface area contributed by atoms with Crippen molar-refractivity contribution in [3.8, 4) is 0 Å². The van der Waals surface area contributed by atoms with Crippen molar-refractivity contribution in [3.05, 3.63) is 30.0 Å². The Kier molecular flexibility index (Phi) is 3.35. The first-order valence-corrected chi connectivity index (χ1v) is 7.87. The number of nitrogens with one attached hydrogen (secondary N) is 3. The van der Waals surface area contributed by atoms with Crippen LogP contribution in [0.4, 0.5) is 0 Å². The molecule has 6 heteroatoms. The minimum Gasteiger partial charge on any atom is -0.348 e. The van der Waals surface area contributed by atoms with Crippen molar-refractivity contribution in [2.45, 2.75) is 31.0 Å². The lowest BCUT2D eigenvalue weighted by Crippen LogP contribution is -2.62. The van der Waals surface area contributed by atoms with Crippen molar-refractivity contribution < 1.29 is 4.79 Å². The zero-order valence-electron chi connectivity index (χ0n) is 12.7. The molecular weight excluding hydrogens is 278 g/mol. The minimum absolute atomic E-state index is 0.0734. The van der Waals surface area contributed by atoms with Gasteiger partial charge in [-0.1, -0.05) is 18.2 Å². The number of hydrogen-bond acceptors (Lipinski definition) is 4. The third-order valence-corrected chi connectivity index (χ3v) is 4.69. The lowest BCUT2D eigenvalue weighted by Gasteiger charge is -2.44. The first-order chi connectivity index (χ1) is 10.7. The molecule has 2 aliphatic rings. The van der Waals surface area contributed by atoms with Gasteiger partial charge < -0.3 is 15.5 Å². The monoisotopic (exact) mass is 299 g/mol. The molecule has 0 unspecified atom stereocenters.